The normalized spacial score (nSPS) is 11.5. The van der Waals surface area contributed by atoms with Crippen LogP contribution in [0, 0.1) is 6.92 Å². The minimum absolute atomic E-state index is 0.160. The van der Waals surface area contributed by atoms with Crippen LogP contribution in [0.25, 0.3) is 0 Å². The zero-order valence-corrected chi connectivity index (χ0v) is 8.47. The van der Waals surface area contributed by atoms with Crippen molar-refractivity contribution in [2.45, 2.75) is 13.1 Å². The van der Waals surface area contributed by atoms with Crippen molar-refractivity contribution in [2.75, 3.05) is 24.2 Å². The van der Waals surface area contributed by atoms with Gasteiger partial charge in [-0.1, -0.05) is 0 Å². The first-order valence-electron chi connectivity index (χ1n) is 4.30. The van der Waals surface area contributed by atoms with Crippen molar-refractivity contribution in [1.29, 1.82) is 0 Å². The Morgan fingerprint density at radius 2 is 2.00 bits per heavy atom. The molecule has 1 rings (SSSR count). The summed E-state index contributed by atoms with van der Waals surface area (Å²) in [5.74, 6) is 0.160. The van der Waals surface area contributed by atoms with Crippen LogP contribution >= 0.6 is 0 Å². The molecule has 0 unspecified atom stereocenters. The Hall–Kier alpha value is -1.46. The Balaban J connectivity index is 2.90. The number of rotatable bonds is 2. The van der Waals surface area contributed by atoms with Gasteiger partial charge in [0.1, 0.15) is 6.54 Å². The average Bonchev–Trinajstić information content (AvgIpc) is 2.06. The lowest BCUT2D eigenvalue weighted by atomic mass is 10.3. The van der Waals surface area contributed by atoms with Crippen LogP contribution in [0.2, 0.25) is 0 Å². The van der Waals surface area contributed by atoms with Gasteiger partial charge in [0, 0.05) is 12.7 Å². The van der Waals surface area contributed by atoms with Crippen molar-refractivity contribution in [2.24, 2.45) is 0 Å². The van der Waals surface area contributed by atoms with Gasteiger partial charge in [-0.2, -0.15) is 13.2 Å². The summed E-state index contributed by atoms with van der Waals surface area (Å²) in [6.45, 7) is 0.637. The van der Waals surface area contributed by atoms with Gasteiger partial charge >= 0.3 is 6.18 Å². The molecule has 0 saturated heterocycles. The van der Waals surface area contributed by atoms with E-state index >= 15 is 0 Å². The van der Waals surface area contributed by atoms with Gasteiger partial charge in [-0.3, -0.25) is 0 Å². The Kier molecular flexibility index (Phi) is 3.06. The van der Waals surface area contributed by atoms with Crippen LogP contribution in [0.1, 0.15) is 5.69 Å². The molecule has 3 nitrogen and oxygen atoms in total. The molecule has 1 heterocycles. The van der Waals surface area contributed by atoms with E-state index in [4.69, 9.17) is 5.73 Å². The van der Waals surface area contributed by atoms with Gasteiger partial charge in [0.05, 0.1) is 5.69 Å². The second-order valence-electron chi connectivity index (χ2n) is 3.34. The third-order valence-electron chi connectivity index (χ3n) is 1.82. The highest BCUT2D eigenvalue weighted by molar-refractivity contribution is 5.62. The van der Waals surface area contributed by atoms with Gasteiger partial charge in [-0.15, -0.1) is 0 Å². The van der Waals surface area contributed by atoms with Crippen molar-refractivity contribution >= 4 is 11.5 Å². The van der Waals surface area contributed by atoms with Crippen molar-refractivity contribution in [3.05, 3.63) is 17.8 Å². The maximum absolute atomic E-state index is 12.1. The van der Waals surface area contributed by atoms with Crippen LogP contribution in [0.4, 0.5) is 24.7 Å². The smallest absolute Gasteiger partial charge is 0.396 e. The molecule has 2 N–H and O–H groups in total. The van der Waals surface area contributed by atoms with E-state index in [2.05, 4.69) is 4.98 Å². The van der Waals surface area contributed by atoms with Gasteiger partial charge in [0.25, 0.3) is 0 Å². The molecular formula is C9H12F3N3. The number of nitrogens with two attached hydrogens (primary N) is 1. The van der Waals surface area contributed by atoms with Crippen molar-refractivity contribution < 1.29 is 13.2 Å². The first-order valence-corrected chi connectivity index (χ1v) is 4.30. The molecule has 0 bridgehead atoms. The van der Waals surface area contributed by atoms with Gasteiger partial charge in [0.15, 0.2) is 5.82 Å². The van der Waals surface area contributed by atoms with Crippen LogP contribution < -0.4 is 10.6 Å². The summed E-state index contributed by atoms with van der Waals surface area (Å²) in [6.07, 6.45) is -4.26. The number of nitrogen functional groups attached to an aromatic ring is 1. The lowest BCUT2D eigenvalue weighted by Gasteiger charge is -2.21. The summed E-state index contributed by atoms with van der Waals surface area (Å²) in [5.41, 5.74) is 6.41. The number of aromatic nitrogens is 1. The molecule has 84 valence electrons. The Morgan fingerprint density at radius 1 is 1.40 bits per heavy atom. The highest BCUT2D eigenvalue weighted by Gasteiger charge is 2.30. The molecule has 1 aromatic rings. The highest BCUT2D eigenvalue weighted by Crippen LogP contribution is 2.23. The Morgan fingerprint density at radius 3 is 2.53 bits per heavy atom. The second kappa shape index (κ2) is 3.96. The zero-order chi connectivity index (χ0) is 11.6. The first kappa shape index (κ1) is 11.6. The van der Waals surface area contributed by atoms with Crippen molar-refractivity contribution in [1.82, 2.24) is 4.98 Å². The fourth-order valence-electron chi connectivity index (χ4n) is 1.20. The van der Waals surface area contributed by atoms with E-state index in [1.807, 2.05) is 0 Å². The molecule has 0 fully saturated rings. The third-order valence-corrected chi connectivity index (χ3v) is 1.82. The molecule has 0 spiro atoms. The van der Waals surface area contributed by atoms with Crippen LogP contribution in [0.5, 0.6) is 0 Å². The standard InChI is InChI=1S/C9H12F3N3/c1-6-3-4-7(13)8(14-6)15(2)5-9(10,11)12/h3-4H,5,13H2,1-2H3. The van der Waals surface area contributed by atoms with Crippen LogP contribution in [-0.4, -0.2) is 24.8 Å². The van der Waals surface area contributed by atoms with Gasteiger partial charge in [-0.25, -0.2) is 4.98 Å². The molecule has 0 amide bonds. The fourth-order valence-corrected chi connectivity index (χ4v) is 1.20. The second-order valence-corrected chi connectivity index (χ2v) is 3.34. The van der Waals surface area contributed by atoms with E-state index in [0.29, 0.717) is 5.69 Å². The van der Waals surface area contributed by atoms with Gasteiger partial charge in [0.2, 0.25) is 0 Å². The number of anilines is 2. The van der Waals surface area contributed by atoms with Crippen LogP contribution in [0.15, 0.2) is 12.1 Å². The monoisotopic (exact) mass is 219 g/mol. The van der Waals surface area contributed by atoms with Crippen LogP contribution in [-0.2, 0) is 0 Å². The van der Waals surface area contributed by atoms with Gasteiger partial charge < -0.3 is 10.6 Å². The van der Waals surface area contributed by atoms with E-state index in [-0.39, 0.29) is 11.5 Å². The van der Waals surface area contributed by atoms with Crippen LogP contribution in [0.3, 0.4) is 0 Å². The summed E-state index contributed by atoms with van der Waals surface area (Å²) < 4.78 is 36.3. The predicted octanol–water partition coefficient (Wildman–Crippen LogP) is 1.97. The number of aryl methyl sites for hydroxylation is 1. The van der Waals surface area contributed by atoms with E-state index in [0.717, 1.165) is 4.90 Å². The third kappa shape index (κ3) is 3.30. The molecule has 0 aliphatic heterocycles. The molecular weight excluding hydrogens is 207 g/mol. The maximum Gasteiger partial charge on any atom is 0.405 e. The Labute approximate surface area is 85.7 Å². The largest absolute Gasteiger partial charge is 0.405 e. The lowest BCUT2D eigenvalue weighted by Crippen LogP contribution is -2.32. The summed E-state index contributed by atoms with van der Waals surface area (Å²) >= 11 is 0. The SMILES string of the molecule is Cc1ccc(N)c(N(C)CC(F)(F)F)n1. The maximum atomic E-state index is 12.1. The topological polar surface area (TPSA) is 42.1 Å². The fraction of sp³-hybridized carbons (Fsp3) is 0.444. The molecule has 0 saturated carbocycles. The molecule has 0 aliphatic rings. The summed E-state index contributed by atoms with van der Waals surface area (Å²) in [4.78, 5) is 4.95. The number of hydrogen-bond acceptors (Lipinski definition) is 3. The van der Waals surface area contributed by atoms with E-state index in [1.54, 1.807) is 19.1 Å². The number of alkyl halides is 3. The summed E-state index contributed by atoms with van der Waals surface area (Å²) in [5, 5.41) is 0. The first-order chi connectivity index (χ1) is 6.79. The Bertz CT molecular complexity index is 349. The van der Waals surface area contributed by atoms with Gasteiger partial charge in [-0.05, 0) is 19.1 Å². The van der Waals surface area contributed by atoms with E-state index in [1.165, 1.54) is 7.05 Å². The molecule has 0 aliphatic carbocycles. The highest BCUT2D eigenvalue weighted by atomic mass is 19.4. The summed E-state index contributed by atoms with van der Waals surface area (Å²) in [6, 6.07) is 3.20. The molecule has 0 atom stereocenters. The zero-order valence-electron chi connectivity index (χ0n) is 8.47. The molecule has 15 heavy (non-hydrogen) atoms. The minimum Gasteiger partial charge on any atom is -0.396 e. The molecule has 1 aromatic heterocycles. The van der Waals surface area contributed by atoms with E-state index in [9.17, 15) is 13.2 Å². The number of nitrogens with zero attached hydrogens (tertiary/aromatic N) is 2. The predicted molar refractivity (Wildman–Crippen MR) is 52.7 cm³/mol. The number of hydrogen-bond donors (Lipinski definition) is 1. The quantitative estimate of drug-likeness (QED) is 0.826. The number of halogens is 3. The lowest BCUT2D eigenvalue weighted by molar-refractivity contribution is -0.119. The number of pyridine rings is 1. The van der Waals surface area contributed by atoms with Crippen molar-refractivity contribution in [3.63, 3.8) is 0 Å². The molecule has 0 aromatic carbocycles. The summed E-state index contributed by atoms with van der Waals surface area (Å²) in [7, 11) is 1.31. The average molecular weight is 219 g/mol. The minimum atomic E-state index is -4.26. The van der Waals surface area contributed by atoms with E-state index < -0.39 is 12.7 Å². The van der Waals surface area contributed by atoms with Crippen molar-refractivity contribution in [3.8, 4) is 0 Å². The molecule has 0 radical (unpaired) electrons. The molecule has 6 heteroatoms.